The maximum atomic E-state index is 9.01. The van der Waals surface area contributed by atoms with Gasteiger partial charge in [0.05, 0.1) is 11.4 Å². The van der Waals surface area contributed by atoms with E-state index in [1.165, 1.54) is 0 Å². The van der Waals surface area contributed by atoms with E-state index in [0.29, 0.717) is 5.69 Å². The van der Waals surface area contributed by atoms with Crippen LogP contribution in [-0.2, 0) is 13.1 Å². The van der Waals surface area contributed by atoms with E-state index < -0.39 is 0 Å². The largest absolute Gasteiger partial charge is 0.307 e. The first kappa shape index (κ1) is 9.13. The van der Waals surface area contributed by atoms with Crippen LogP contribution in [0.1, 0.15) is 17.0 Å². The van der Waals surface area contributed by atoms with Crippen molar-refractivity contribution in [2.24, 2.45) is 0 Å². The normalized spacial score (nSPS) is 13.4. The van der Waals surface area contributed by atoms with Crippen molar-refractivity contribution >= 4 is 0 Å². The summed E-state index contributed by atoms with van der Waals surface area (Å²) in [6.07, 6.45) is 0. The fraction of sp³-hybridized carbons (Fsp3) is 0.167. The third-order valence-corrected chi connectivity index (χ3v) is 2.79. The molecule has 3 rings (SSSR count). The third-order valence-electron chi connectivity index (χ3n) is 2.79. The zero-order chi connectivity index (χ0) is 11.0. The monoisotopic (exact) mass is 210 g/mol. The minimum Gasteiger partial charge on any atom is -0.307 e. The number of nitrogens with zero attached hydrogens (tertiary/aromatic N) is 3. The topological polar surface area (TPSA) is 53.6 Å². The van der Waals surface area contributed by atoms with Crippen molar-refractivity contribution in [1.29, 1.82) is 5.26 Å². The Labute approximate surface area is 93.1 Å². The molecule has 0 spiro atoms. The number of nitrogens with one attached hydrogen (secondary N) is 1. The van der Waals surface area contributed by atoms with E-state index in [1.807, 2.05) is 35.0 Å². The number of para-hydroxylation sites is 1. The molecule has 1 aliphatic rings. The van der Waals surface area contributed by atoms with Crippen molar-refractivity contribution in [2.45, 2.75) is 13.1 Å². The molecule has 2 aromatic rings. The zero-order valence-electron chi connectivity index (χ0n) is 8.64. The van der Waals surface area contributed by atoms with Crippen LogP contribution in [0.15, 0.2) is 30.3 Å². The van der Waals surface area contributed by atoms with E-state index in [9.17, 15) is 0 Å². The molecule has 78 valence electrons. The summed E-state index contributed by atoms with van der Waals surface area (Å²) in [5.74, 6) is 0. The molecule has 16 heavy (non-hydrogen) atoms. The predicted molar refractivity (Wildman–Crippen MR) is 58.8 cm³/mol. The van der Waals surface area contributed by atoms with E-state index in [0.717, 1.165) is 30.0 Å². The van der Waals surface area contributed by atoms with Gasteiger partial charge in [0.1, 0.15) is 6.07 Å². The Morgan fingerprint density at radius 2 is 2.06 bits per heavy atom. The number of hydrogen-bond donors (Lipinski definition) is 1. The van der Waals surface area contributed by atoms with Crippen molar-refractivity contribution in [3.63, 3.8) is 0 Å². The van der Waals surface area contributed by atoms with Gasteiger partial charge in [-0.25, -0.2) is 4.68 Å². The maximum Gasteiger partial charge on any atom is 0.167 e. The molecule has 0 bridgehead atoms. The van der Waals surface area contributed by atoms with Crippen molar-refractivity contribution in [1.82, 2.24) is 15.1 Å². The van der Waals surface area contributed by atoms with Crippen LogP contribution in [0.25, 0.3) is 5.69 Å². The minimum atomic E-state index is 0.531. The lowest BCUT2D eigenvalue weighted by molar-refractivity contribution is 0.708. The Hall–Kier alpha value is -2.12. The number of aromatic nitrogens is 2. The van der Waals surface area contributed by atoms with Crippen molar-refractivity contribution in [3.8, 4) is 11.8 Å². The second-order valence-electron chi connectivity index (χ2n) is 3.74. The van der Waals surface area contributed by atoms with Crippen molar-refractivity contribution in [3.05, 3.63) is 47.3 Å². The van der Waals surface area contributed by atoms with Crippen LogP contribution in [-0.4, -0.2) is 9.78 Å². The average Bonchev–Trinajstić information content (AvgIpc) is 2.91. The Kier molecular flexibility index (Phi) is 1.98. The summed E-state index contributed by atoms with van der Waals surface area (Å²) in [5.41, 5.74) is 3.67. The highest BCUT2D eigenvalue weighted by molar-refractivity contribution is 5.43. The van der Waals surface area contributed by atoms with Crippen LogP contribution < -0.4 is 5.32 Å². The summed E-state index contributed by atoms with van der Waals surface area (Å²) in [6.45, 7) is 1.52. The van der Waals surface area contributed by atoms with E-state index in [-0.39, 0.29) is 0 Å². The molecular formula is C12H10N4. The molecule has 1 N–H and O–H groups in total. The highest BCUT2D eigenvalue weighted by Crippen LogP contribution is 2.22. The van der Waals surface area contributed by atoms with Crippen LogP contribution >= 0.6 is 0 Å². The molecule has 0 atom stereocenters. The second kappa shape index (κ2) is 3.47. The van der Waals surface area contributed by atoms with Gasteiger partial charge in [-0.1, -0.05) is 18.2 Å². The zero-order valence-corrected chi connectivity index (χ0v) is 8.64. The van der Waals surface area contributed by atoms with Gasteiger partial charge in [0.2, 0.25) is 0 Å². The molecule has 0 amide bonds. The van der Waals surface area contributed by atoms with Crippen LogP contribution in [0, 0.1) is 11.3 Å². The summed E-state index contributed by atoms with van der Waals surface area (Å²) in [5, 5.41) is 16.6. The third kappa shape index (κ3) is 1.23. The number of rotatable bonds is 1. The van der Waals surface area contributed by atoms with Crippen molar-refractivity contribution in [2.75, 3.05) is 0 Å². The molecule has 4 nitrogen and oxygen atoms in total. The predicted octanol–water partition coefficient (Wildman–Crippen LogP) is 1.35. The summed E-state index contributed by atoms with van der Waals surface area (Å²) in [7, 11) is 0. The Bertz CT molecular complexity index is 563. The number of nitriles is 1. The Morgan fingerprint density at radius 3 is 2.81 bits per heavy atom. The molecule has 0 saturated carbocycles. The van der Waals surface area contributed by atoms with Gasteiger partial charge in [0, 0.05) is 18.7 Å². The molecule has 0 unspecified atom stereocenters. The molecule has 1 aliphatic heterocycles. The quantitative estimate of drug-likeness (QED) is 0.773. The van der Waals surface area contributed by atoms with Gasteiger partial charge in [0.25, 0.3) is 0 Å². The Balaban J connectivity index is 2.20. The fourth-order valence-corrected chi connectivity index (χ4v) is 2.03. The summed E-state index contributed by atoms with van der Waals surface area (Å²) >= 11 is 0. The highest BCUT2D eigenvalue weighted by Gasteiger charge is 2.22. The first-order chi connectivity index (χ1) is 7.90. The standard InChI is InChI=1S/C12H10N4/c13-6-11-10-7-14-8-12(10)16(15-11)9-4-2-1-3-5-9/h1-5,14H,7-8H2. The average molecular weight is 210 g/mol. The molecule has 0 radical (unpaired) electrons. The smallest absolute Gasteiger partial charge is 0.167 e. The number of benzene rings is 1. The van der Waals surface area contributed by atoms with Gasteiger partial charge >= 0.3 is 0 Å². The van der Waals surface area contributed by atoms with Crippen molar-refractivity contribution < 1.29 is 0 Å². The molecule has 2 heterocycles. The van der Waals surface area contributed by atoms with E-state index in [2.05, 4.69) is 16.5 Å². The number of fused-ring (bicyclic) bond motifs is 1. The molecule has 0 fully saturated rings. The SMILES string of the molecule is N#Cc1nn(-c2ccccc2)c2c1CNC2. The van der Waals surface area contributed by atoms with Crippen LogP contribution in [0.2, 0.25) is 0 Å². The van der Waals surface area contributed by atoms with Gasteiger partial charge in [-0.15, -0.1) is 0 Å². The molecule has 4 heteroatoms. The summed E-state index contributed by atoms with van der Waals surface area (Å²) in [6, 6.07) is 12.0. The highest BCUT2D eigenvalue weighted by atomic mass is 15.3. The number of hydrogen-bond acceptors (Lipinski definition) is 3. The van der Waals surface area contributed by atoms with Crippen LogP contribution in [0.3, 0.4) is 0 Å². The lowest BCUT2D eigenvalue weighted by Crippen LogP contribution is -2.07. The van der Waals surface area contributed by atoms with Gasteiger partial charge in [-0.3, -0.25) is 0 Å². The minimum absolute atomic E-state index is 0.531. The van der Waals surface area contributed by atoms with Gasteiger partial charge in [-0.2, -0.15) is 10.4 Å². The first-order valence-electron chi connectivity index (χ1n) is 5.17. The lowest BCUT2D eigenvalue weighted by atomic mass is 10.2. The Morgan fingerprint density at radius 1 is 1.25 bits per heavy atom. The van der Waals surface area contributed by atoms with E-state index in [1.54, 1.807) is 0 Å². The van der Waals surface area contributed by atoms with Gasteiger partial charge in [-0.05, 0) is 12.1 Å². The maximum absolute atomic E-state index is 9.01. The van der Waals surface area contributed by atoms with E-state index in [4.69, 9.17) is 5.26 Å². The fourth-order valence-electron chi connectivity index (χ4n) is 2.03. The van der Waals surface area contributed by atoms with Gasteiger partial charge < -0.3 is 5.32 Å². The molecule has 1 aromatic carbocycles. The lowest BCUT2D eigenvalue weighted by Gasteiger charge is -2.04. The molecule has 0 aliphatic carbocycles. The first-order valence-corrected chi connectivity index (χ1v) is 5.17. The summed E-state index contributed by atoms with van der Waals surface area (Å²) < 4.78 is 1.86. The molecule has 1 aromatic heterocycles. The second-order valence-corrected chi connectivity index (χ2v) is 3.74. The molecule has 0 saturated heterocycles. The van der Waals surface area contributed by atoms with Crippen LogP contribution in [0.4, 0.5) is 0 Å². The molecular weight excluding hydrogens is 200 g/mol. The summed E-state index contributed by atoms with van der Waals surface area (Å²) in [4.78, 5) is 0. The van der Waals surface area contributed by atoms with E-state index >= 15 is 0 Å². The van der Waals surface area contributed by atoms with Gasteiger partial charge in [0.15, 0.2) is 5.69 Å². The van der Waals surface area contributed by atoms with Crippen LogP contribution in [0.5, 0.6) is 0 Å².